The number of hydrogen-bond donors (Lipinski definition) is 2. The average molecular weight is 190 g/mol. The summed E-state index contributed by atoms with van der Waals surface area (Å²) in [5, 5.41) is 8.39. The lowest BCUT2D eigenvalue weighted by Gasteiger charge is -2.02. The summed E-state index contributed by atoms with van der Waals surface area (Å²) < 4.78 is 4.99. The van der Waals surface area contributed by atoms with Gasteiger partial charge in [0.2, 0.25) is 0 Å². The highest BCUT2D eigenvalue weighted by molar-refractivity contribution is 5.85. The molecule has 0 radical (unpaired) electrons. The van der Waals surface area contributed by atoms with Crippen LogP contribution in [0.25, 0.3) is 0 Å². The molecule has 0 aliphatic heterocycles. The SMILES string of the molecule is COc1cccc(CNO)c1.Cl. The Morgan fingerprint density at radius 3 is 2.83 bits per heavy atom. The molecule has 3 nitrogen and oxygen atoms in total. The first-order valence-corrected chi connectivity index (χ1v) is 3.36. The molecule has 4 heteroatoms. The first kappa shape index (κ1) is 11.2. The van der Waals surface area contributed by atoms with E-state index < -0.39 is 0 Å². The predicted molar refractivity (Wildman–Crippen MR) is 48.9 cm³/mol. The fourth-order valence-corrected chi connectivity index (χ4v) is 0.874. The monoisotopic (exact) mass is 189 g/mol. The van der Waals surface area contributed by atoms with Crippen LogP contribution in [0.3, 0.4) is 0 Å². The topological polar surface area (TPSA) is 41.5 Å². The highest BCUT2D eigenvalue weighted by Gasteiger charge is 1.92. The molecule has 0 saturated heterocycles. The van der Waals surface area contributed by atoms with Crippen LogP contribution in [0, 0.1) is 0 Å². The van der Waals surface area contributed by atoms with Gasteiger partial charge in [0, 0.05) is 6.54 Å². The van der Waals surface area contributed by atoms with E-state index in [1.807, 2.05) is 24.3 Å². The fourth-order valence-electron chi connectivity index (χ4n) is 0.874. The van der Waals surface area contributed by atoms with Gasteiger partial charge in [-0.2, -0.15) is 0 Å². The van der Waals surface area contributed by atoms with Crippen LogP contribution >= 0.6 is 12.4 Å². The molecule has 0 bridgehead atoms. The van der Waals surface area contributed by atoms with E-state index in [2.05, 4.69) is 5.48 Å². The van der Waals surface area contributed by atoms with E-state index in [0.29, 0.717) is 6.54 Å². The van der Waals surface area contributed by atoms with E-state index in [1.54, 1.807) is 7.11 Å². The number of nitrogens with one attached hydrogen (secondary N) is 1. The summed E-state index contributed by atoms with van der Waals surface area (Å²) in [6.07, 6.45) is 0. The number of halogens is 1. The molecular weight excluding hydrogens is 178 g/mol. The zero-order valence-electron chi connectivity index (χ0n) is 6.78. The first-order valence-electron chi connectivity index (χ1n) is 3.36. The minimum Gasteiger partial charge on any atom is -0.497 e. The number of methoxy groups -OCH3 is 1. The van der Waals surface area contributed by atoms with Gasteiger partial charge in [0.25, 0.3) is 0 Å². The molecule has 0 amide bonds. The maximum absolute atomic E-state index is 8.39. The molecule has 0 fully saturated rings. The number of ether oxygens (including phenoxy) is 1. The molecule has 1 aromatic carbocycles. The van der Waals surface area contributed by atoms with Crippen molar-refractivity contribution < 1.29 is 9.94 Å². The highest BCUT2D eigenvalue weighted by Crippen LogP contribution is 2.11. The van der Waals surface area contributed by atoms with E-state index in [1.165, 1.54) is 0 Å². The molecule has 0 aromatic heterocycles. The Balaban J connectivity index is 0.00000121. The van der Waals surface area contributed by atoms with Crippen LogP contribution in [0.2, 0.25) is 0 Å². The van der Waals surface area contributed by atoms with Gasteiger partial charge >= 0.3 is 0 Å². The van der Waals surface area contributed by atoms with Gasteiger partial charge in [-0.1, -0.05) is 12.1 Å². The lowest BCUT2D eigenvalue weighted by atomic mass is 10.2. The van der Waals surface area contributed by atoms with Crippen molar-refractivity contribution in [1.29, 1.82) is 0 Å². The van der Waals surface area contributed by atoms with Crippen molar-refractivity contribution in [1.82, 2.24) is 5.48 Å². The van der Waals surface area contributed by atoms with Gasteiger partial charge in [-0.15, -0.1) is 12.4 Å². The second kappa shape index (κ2) is 5.83. The summed E-state index contributed by atoms with van der Waals surface area (Å²) >= 11 is 0. The fraction of sp³-hybridized carbons (Fsp3) is 0.250. The molecule has 0 spiro atoms. The number of hydroxylamine groups is 1. The normalized spacial score (nSPS) is 8.83. The summed E-state index contributed by atoms with van der Waals surface area (Å²) in [7, 11) is 1.62. The van der Waals surface area contributed by atoms with Crippen LogP contribution in [-0.4, -0.2) is 12.3 Å². The Bertz CT molecular complexity index is 230. The van der Waals surface area contributed by atoms with E-state index >= 15 is 0 Å². The molecule has 0 unspecified atom stereocenters. The Labute approximate surface area is 77.7 Å². The van der Waals surface area contributed by atoms with Crippen LogP contribution in [0.5, 0.6) is 5.75 Å². The van der Waals surface area contributed by atoms with Crippen LogP contribution < -0.4 is 10.2 Å². The zero-order valence-corrected chi connectivity index (χ0v) is 7.60. The minimum absolute atomic E-state index is 0. The summed E-state index contributed by atoms with van der Waals surface area (Å²) in [5.74, 6) is 0.803. The van der Waals surface area contributed by atoms with Crippen molar-refractivity contribution in [2.45, 2.75) is 6.54 Å². The summed E-state index contributed by atoms with van der Waals surface area (Å²) in [4.78, 5) is 0. The molecule has 2 N–H and O–H groups in total. The van der Waals surface area contributed by atoms with E-state index in [4.69, 9.17) is 9.94 Å². The Morgan fingerprint density at radius 2 is 2.25 bits per heavy atom. The van der Waals surface area contributed by atoms with Gasteiger partial charge in [0.1, 0.15) is 5.75 Å². The molecule has 1 rings (SSSR count). The van der Waals surface area contributed by atoms with Crippen molar-refractivity contribution in [3.8, 4) is 5.75 Å². The van der Waals surface area contributed by atoms with Gasteiger partial charge in [-0.05, 0) is 17.7 Å². The number of hydrogen-bond acceptors (Lipinski definition) is 3. The lowest BCUT2D eigenvalue weighted by molar-refractivity contribution is 0.161. The van der Waals surface area contributed by atoms with Gasteiger partial charge in [-0.3, -0.25) is 0 Å². The molecule has 12 heavy (non-hydrogen) atoms. The summed E-state index contributed by atoms with van der Waals surface area (Å²) in [6, 6.07) is 7.52. The van der Waals surface area contributed by atoms with Gasteiger partial charge < -0.3 is 9.94 Å². The predicted octanol–water partition coefficient (Wildman–Crippen LogP) is 1.60. The van der Waals surface area contributed by atoms with Crippen molar-refractivity contribution in [3.63, 3.8) is 0 Å². The molecule has 1 aromatic rings. The second-order valence-corrected chi connectivity index (χ2v) is 2.19. The molecule has 0 heterocycles. The maximum Gasteiger partial charge on any atom is 0.119 e. The van der Waals surface area contributed by atoms with Crippen LogP contribution in [0.15, 0.2) is 24.3 Å². The first-order chi connectivity index (χ1) is 5.36. The molecule has 0 aliphatic rings. The molecular formula is C8H12ClNO2. The van der Waals surface area contributed by atoms with E-state index in [-0.39, 0.29) is 12.4 Å². The zero-order chi connectivity index (χ0) is 8.10. The third-order valence-electron chi connectivity index (χ3n) is 1.42. The Kier molecular flexibility index (Phi) is 5.45. The quantitative estimate of drug-likeness (QED) is 0.710. The third kappa shape index (κ3) is 3.09. The van der Waals surface area contributed by atoms with Crippen molar-refractivity contribution in [3.05, 3.63) is 29.8 Å². The van der Waals surface area contributed by atoms with Gasteiger partial charge in [-0.25, -0.2) is 5.48 Å². The standard InChI is InChI=1S/C8H11NO2.ClH/c1-11-8-4-2-3-7(5-8)6-9-10;/h2-5,9-10H,6H2,1H3;1H. The minimum atomic E-state index is 0. The number of rotatable bonds is 3. The van der Waals surface area contributed by atoms with Crippen molar-refractivity contribution in [2.75, 3.05) is 7.11 Å². The highest BCUT2D eigenvalue weighted by atomic mass is 35.5. The largest absolute Gasteiger partial charge is 0.497 e. The number of benzene rings is 1. The lowest BCUT2D eigenvalue weighted by Crippen LogP contribution is -2.05. The third-order valence-corrected chi connectivity index (χ3v) is 1.42. The average Bonchev–Trinajstić information content (AvgIpc) is 2.06. The Hall–Kier alpha value is -0.770. The molecule has 0 atom stereocenters. The van der Waals surface area contributed by atoms with E-state index in [0.717, 1.165) is 11.3 Å². The second-order valence-electron chi connectivity index (χ2n) is 2.19. The van der Waals surface area contributed by atoms with Gasteiger partial charge in [0.15, 0.2) is 0 Å². The van der Waals surface area contributed by atoms with Crippen LogP contribution in [0.4, 0.5) is 0 Å². The summed E-state index contributed by atoms with van der Waals surface area (Å²) in [5.41, 5.74) is 3.07. The smallest absolute Gasteiger partial charge is 0.119 e. The van der Waals surface area contributed by atoms with Crippen LogP contribution in [0.1, 0.15) is 5.56 Å². The summed E-state index contributed by atoms with van der Waals surface area (Å²) in [6.45, 7) is 0.442. The van der Waals surface area contributed by atoms with E-state index in [9.17, 15) is 0 Å². The molecule has 68 valence electrons. The maximum atomic E-state index is 8.39. The van der Waals surface area contributed by atoms with Crippen molar-refractivity contribution >= 4 is 12.4 Å². The van der Waals surface area contributed by atoms with Gasteiger partial charge in [0.05, 0.1) is 7.11 Å². The molecule has 0 saturated carbocycles. The Morgan fingerprint density at radius 1 is 1.50 bits per heavy atom. The van der Waals surface area contributed by atoms with Crippen LogP contribution in [-0.2, 0) is 6.54 Å². The molecule has 0 aliphatic carbocycles. The van der Waals surface area contributed by atoms with Crippen molar-refractivity contribution in [2.24, 2.45) is 0 Å².